The van der Waals surface area contributed by atoms with Gasteiger partial charge in [0, 0.05) is 36.8 Å². The molecule has 0 saturated heterocycles. The first-order valence-electron chi connectivity index (χ1n) is 7.82. The van der Waals surface area contributed by atoms with Crippen molar-refractivity contribution in [1.82, 2.24) is 10.2 Å². The normalized spacial score (nSPS) is 10.2. The third kappa shape index (κ3) is 4.97. The lowest BCUT2D eigenvalue weighted by atomic mass is 10.1. The lowest BCUT2D eigenvalue weighted by Gasteiger charge is -2.18. The van der Waals surface area contributed by atoms with Gasteiger partial charge in [-0.2, -0.15) is 0 Å². The fraction of sp³-hybridized carbons (Fsp3) is 0.263. The number of ether oxygens (including phenoxy) is 1. The molecule has 132 valence electrons. The van der Waals surface area contributed by atoms with E-state index in [2.05, 4.69) is 5.32 Å². The van der Waals surface area contributed by atoms with Crippen LogP contribution in [0.5, 0.6) is 5.75 Å². The minimum absolute atomic E-state index is 0.0454. The zero-order valence-corrected chi connectivity index (χ0v) is 15.3. The summed E-state index contributed by atoms with van der Waals surface area (Å²) in [7, 11) is 4.90. The van der Waals surface area contributed by atoms with Crippen molar-refractivity contribution in [1.29, 1.82) is 0 Å². The average molecular weight is 361 g/mol. The quantitative estimate of drug-likeness (QED) is 0.861. The van der Waals surface area contributed by atoms with Crippen molar-refractivity contribution in [3.8, 4) is 5.75 Å². The molecule has 2 aromatic carbocycles. The third-order valence-corrected chi connectivity index (χ3v) is 4.11. The van der Waals surface area contributed by atoms with Gasteiger partial charge in [0.25, 0.3) is 5.91 Å². The summed E-state index contributed by atoms with van der Waals surface area (Å²) in [6.07, 6.45) is 0.205. The highest BCUT2D eigenvalue weighted by atomic mass is 35.5. The van der Waals surface area contributed by atoms with Crippen LogP contribution in [-0.2, 0) is 17.8 Å². The van der Waals surface area contributed by atoms with E-state index in [4.69, 9.17) is 16.3 Å². The number of hydrogen-bond donors (Lipinski definition) is 1. The molecule has 0 bridgehead atoms. The molecule has 25 heavy (non-hydrogen) atoms. The summed E-state index contributed by atoms with van der Waals surface area (Å²) in [5.41, 5.74) is 2.28. The van der Waals surface area contributed by atoms with E-state index >= 15 is 0 Å². The summed E-state index contributed by atoms with van der Waals surface area (Å²) in [4.78, 5) is 25.7. The van der Waals surface area contributed by atoms with Gasteiger partial charge in [-0.25, -0.2) is 0 Å². The number of rotatable bonds is 6. The molecule has 0 spiro atoms. The van der Waals surface area contributed by atoms with Crippen LogP contribution in [0.2, 0.25) is 5.02 Å². The summed E-state index contributed by atoms with van der Waals surface area (Å²) in [5, 5.41) is 3.14. The molecule has 5 nitrogen and oxygen atoms in total. The van der Waals surface area contributed by atoms with Crippen LogP contribution in [0.4, 0.5) is 0 Å². The summed E-state index contributed by atoms with van der Waals surface area (Å²) < 4.78 is 5.28. The Morgan fingerprint density at radius 3 is 2.44 bits per heavy atom. The fourth-order valence-corrected chi connectivity index (χ4v) is 2.65. The lowest BCUT2D eigenvalue weighted by Crippen LogP contribution is -2.28. The number of halogens is 1. The summed E-state index contributed by atoms with van der Waals surface area (Å²) in [5.74, 6) is 0.459. The number of amides is 2. The maximum Gasteiger partial charge on any atom is 0.251 e. The molecule has 0 radical (unpaired) electrons. The Morgan fingerprint density at radius 2 is 1.84 bits per heavy atom. The molecule has 0 unspecified atom stereocenters. The number of benzene rings is 2. The van der Waals surface area contributed by atoms with Gasteiger partial charge in [-0.15, -0.1) is 0 Å². The van der Waals surface area contributed by atoms with Gasteiger partial charge in [-0.3, -0.25) is 9.59 Å². The molecule has 1 N–H and O–H groups in total. The van der Waals surface area contributed by atoms with Crippen LogP contribution in [0.15, 0.2) is 42.5 Å². The Kier molecular flexibility index (Phi) is 6.42. The third-order valence-electron chi connectivity index (χ3n) is 3.87. The topological polar surface area (TPSA) is 58.6 Å². The maximum atomic E-state index is 12.5. The second-order valence-corrected chi connectivity index (χ2v) is 6.10. The van der Waals surface area contributed by atoms with Crippen molar-refractivity contribution >= 4 is 23.4 Å². The predicted molar refractivity (Wildman–Crippen MR) is 98.0 cm³/mol. The second kappa shape index (κ2) is 8.53. The first-order chi connectivity index (χ1) is 11.9. The largest absolute Gasteiger partial charge is 0.496 e. The molecule has 2 rings (SSSR count). The predicted octanol–water partition coefficient (Wildman–Crippen LogP) is 2.91. The van der Waals surface area contributed by atoms with E-state index in [1.165, 1.54) is 0 Å². The number of hydrogen-bond acceptors (Lipinski definition) is 3. The van der Waals surface area contributed by atoms with Crippen molar-refractivity contribution in [2.24, 2.45) is 0 Å². The standard InChI is InChI=1S/C19H21ClN2O3/c1-21-19(24)14-6-4-13(5-7-14)12-22(2)18(23)11-15-10-16(20)8-9-17(15)25-3/h4-10H,11-12H2,1-3H3,(H,21,24). The van der Waals surface area contributed by atoms with E-state index in [9.17, 15) is 9.59 Å². The molecule has 2 aromatic rings. The van der Waals surface area contributed by atoms with E-state index in [-0.39, 0.29) is 18.2 Å². The molecule has 0 fully saturated rings. The van der Waals surface area contributed by atoms with Crippen LogP contribution in [0.3, 0.4) is 0 Å². The number of nitrogens with zero attached hydrogens (tertiary/aromatic N) is 1. The van der Waals surface area contributed by atoms with Crippen LogP contribution < -0.4 is 10.1 Å². The molecular formula is C19H21ClN2O3. The Balaban J connectivity index is 2.03. The van der Waals surface area contributed by atoms with Gasteiger partial charge in [-0.05, 0) is 35.9 Å². The van der Waals surface area contributed by atoms with Crippen molar-refractivity contribution in [3.63, 3.8) is 0 Å². The zero-order chi connectivity index (χ0) is 18.4. The van der Waals surface area contributed by atoms with Crippen LogP contribution >= 0.6 is 11.6 Å². The van der Waals surface area contributed by atoms with Crippen molar-refractivity contribution in [2.45, 2.75) is 13.0 Å². The van der Waals surface area contributed by atoms with Crippen LogP contribution in [0, 0.1) is 0 Å². The van der Waals surface area contributed by atoms with E-state index in [0.29, 0.717) is 22.9 Å². The highest BCUT2D eigenvalue weighted by Crippen LogP contribution is 2.23. The minimum Gasteiger partial charge on any atom is -0.496 e. The van der Waals surface area contributed by atoms with Gasteiger partial charge in [-0.1, -0.05) is 23.7 Å². The number of carbonyl (C=O) groups is 2. The maximum absolute atomic E-state index is 12.5. The van der Waals surface area contributed by atoms with E-state index < -0.39 is 0 Å². The highest BCUT2D eigenvalue weighted by Gasteiger charge is 2.14. The first-order valence-corrected chi connectivity index (χ1v) is 8.19. The van der Waals surface area contributed by atoms with Crippen LogP contribution in [0.1, 0.15) is 21.5 Å². The van der Waals surface area contributed by atoms with Crippen molar-refractivity contribution in [2.75, 3.05) is 21.2 Å². The first kappa shape index (κ1) is 18.8. The van der Waals surface area contributed by atoms with Gasteiger partial charge in [0.05, 0.1) is 13.5 Å². The number of carbonyl (C=O) groups excluding carboxylic acids is 2. The van der Waals surface area contributed by atoms with Gasteiger partial charge < -0.3 is 15.0 Å². The number of likely N-dealkylation sites (N-methyl/N-ethyl adjacent to an activating group) is 1. The summed E-state index contributed by atoms with van der Waals surface area (Å²) in [6.45, 7) is 0.454. The van der Waals surface area contributed by atoms with Gasteiger partial charge in [0.2, 0.25) is 5.91 Å². The SMILES string of the molecule is CNC(=O)c1ccc(CN(C)C(=O)Cc2cc(Cl)ccc2OC)cc1. The fourth-order valence-electron chi connectivity index (χ4n) is 2.45. The zero-order valence-electron chi connectivity index (χ0n) is 14.5. The Hall–Kier alpha value is -2.53. The molecule has 0 heterocycles. The van der Waals surface area contributed by atoms with Gasteiger partial charge >= 0.3 is 0 Å². The molecule has 6 heteroatoms. The molecule has 0 saturated carbocycles. The number of nitrogens with one attached hydrogen (secondary N) is 1. The van der Waals surface area contributed by atoms with Gasteiger partial charge in [0.15, 0.2) is 0 Å². The number of methoxy groups -OCH3 is 1. The van der Waals surface area contributed by atoms with Crippen molar-refractivity contribution in [3.05, 3.63) is 64.2 Å². The molecule has 0 aliphatic carbocycles. The van der Waals surface area contributed by atoms with Crippen molar-refractivity contribution < 1.29 is 14.3 Å². The van der Waals surface area contributed by atoms with Crippen LogP contribution in [0.25, 0.3) is 0 Å². The Morgan fingerprint density at radius 1 is 1.16 bits per heavy atom. The minimum atomic E-state index is -0.135. The lowest BCUT2D eigenvalue weighted by molar-refractivity contribution is -0.129. The van der Waals surface area contributed by atoms with Crippen LogP contribution in [-0.4, -0.2) is 37.9 Å². The Bertz CT molecular complexity index is 760. The van der Waals surface area contributed by atoms with Gasteiger partial charge in [0.1, 0.15) is 5.75 Å². The van der Waals surface area contributed by atoms with E-state index in [0.717, 1.165) is 11.1 Å². The molecule has 0 atom stereocenters. The monoisotopic (exact) mass is 360 g/mol. The Labute approximate surface area is 152 Å². The van der Waals surface area contributed by atoms with E-state index in [1.54, 1.807) is 56.4 Å². The summed E-state index contributed by atoms with van der Waals surface area (Å²) >= 11 is 6.01. The smallest absolute Gasteiger partial charge is 0.251 e. The summed E-state index contributed by atoms with van der Waals surface area (Å²) in [6, 6.07) is 12.4. The molecule has 0 aliphatic rings. The van der Waals surface area contributed by atoms with E-state index in [1.807, 2.05) is 12.1 Å². The molecule has 0 aromatic heterocycles. The molecule has 0 aliphatic heterocycles. The second-order valence-electron chi connectivity index (χ2n) is 5.66. The molecule has 2 amide bonds. The average Bonchev–Trinajstić information content (AvgIpc) is 2.61. The highest BCUT2D eigenvalue weighted by molar-refractivity contribution is 6.30. The molecular weight excluding hydrogens is 340 g/mol.